The maximum atomic E-state index is 11.6. The highest BCUT2D eigenvalue weighted by Gasteiger charge is 2.14. The van der Waals surface area contributed by atoms with Gasteiger partial charge in [-0.3, -0.25) is 9.59 Å². The van der Waals surface area contributed by atoms with Crippen LogP contribution in [0.2, 0.25) is 10.0 Å². The van der Waals surface area contributed by atoms with Gasteiger partial charge in [0, 0.05) is 18.2 Å². The first-order chi connectivity index (χ1) is 9.54. The fourth-order valence-corrected chi connectivity index (χ4v) is 1.92. The molecular formula is C13H16Cl2N2O3. The van der Waals surface area contributed by atoms with E-state index in [0.29, 0.717) is 30.1 Å². The van der Waals surface area contributed by atoms with Gasteiger partial charge < -0.3 is 15.7 Å². The Hall–Kier alpha value is -1.30. The van der Waals surface area contributed by atoms with Crippen molar-refractivity contribution in [3.8, 4) is 0 Å². The van der Waals surface area contributed by atoms with Crippen LogP contribution in [0.3, 0.4) is 0 Å². The van der Waals surface area contributed by atoms with E-state index in [4.69, 9.17) is 28.3 Å². The molecule has 0 aliphatic heterocycles. The molecule has 1 rings (SSSR count). The third kappa shape index (κ3) is 5.77. The second-order valence-corrected chi connectivity index (χ2v) is 4.96. The number of amides is 2. The third-order valence-electron chi connectivity index (χ3n) is 2.51. The van der Waals surface area contributed by atoms with E-state index in [1.165, 1.54) is 12.1 Å². The first kappa shape index (κ1) is 16.8. The lowest BCUT2D eigenvalue weighted by Gasteiger charge is -2.08. The molecule has 0 spiro atoms. The number of hydrogen-bond acceptors (Lipinski definition) is 3. The number of aliphatic hydroxyl groups excluding tert-OH is 1. The zero-order valence-electron chi connectivity index (χ0n) is 10.8. The van der Waals surface area contributed by atoms with Crippen molar-refractivity contribution in [2.45, 2.75) is 19.3 Å². The molecule has 0 saturated heterocycles. The fourth-order valence-electron chi connectivity index (χ4n) is 1.47. The Morgan fingerprint density at radius 2 is 1.85 bits per heavy atom. The molecule has 2 amide bonds. The monoisotopic (exact) mass is 318 g/mol. The van der Waals surface area contributed by atoms with E-state index >= 15 is 0 Å². The van der Waals surface area contributed by atoms with Crippen molar-refractivity contribution in [2.75, 3.05) is 18.5 Å². The van der Waals surface area contributed by atoms with E-state index in [-0.39, 0.29) is 11.6 Å². The number of carbonyl (C=O) groups is 2. The van der Waals surface area contributed by atoms with Crippen LogP contribution in [0.15, 0.2) is 18.2 Å². The smallest absolute Gasteiger partial charge is 0.313 e. The van der Waals surface area contributed by atoms with Crippen LogP contribution in [-0.2, 0) is 9.59 Å². The normalized spacial score (nSPS) is 10.2. The largest absolute Gasteiger partial charge is 0.396 e. The van der Waals surface area contributed by atoms with E-state index in [0.717, 1.165) is 6.42 Å². The molecule has 20 heavy (non-hydrogen) atoms. The first-order valence-electron chi connectivity index (χ1n) is 6.19. The van der Waals surface area contributed by atoms with Gasteiger partial charge in [0.2, 0.25) is 0 Å². The van der Waals surface area contributed by atoms with Crippen LogP contribution in [0.1, 0.15) is 19.3 Å². The average molecular weight is 319 g/mol. The van der Waals surface area contributed by atoms with Crippen molar-refractivity contribution < 1.29 is 14.7 Å². The summed E-state index contributed by atoms with van der Waals surface area (Å²) in [7, 11) is 0. The SMILES string of the molecule is O=C(NCCCCCO)C(=O)Nc1ccc(Cl)cc1Cl. The van der Waals surface area contributed by atoms with Gasteiger partial charge in [-0.1, -0.05) is 23.2 Å². The minimum Gasteiger partial charge on any atom is -0.396 e. The number of aliphatic hydroxyl groups is 1. The lowest BCUT2D eigenvalue weighted by molar-refractivity contribution is -0.136. The predicted molar refractivity (Wildman–Crippen MR) is 79.0 cm³/mol. The summed E-state index contributed by atoms with van der Waals surface area (Å²) >= 11 is 11.6. The molecule has 0 aliphatic rings. The summed E-state index contributed by atoms with van der Waals surface area (Å²) in [5.74, 6) is -1.50. The second kappa shape index (κ2) is 8.79. The summed E-state index contributed by atoms with van der Waals surface area (Å²) in [6.45, 7) is 0.518. The Bertz CT molecular complexity index is 481. The van der Waals surface area contributed by atoms with Crippen LogP contribution in [-0.4, -0.2) is 30.1 Å². The average Bonchev–Trinajstić information content (AvgIpc) is 2.41. The molecule has 0 bridgehead atoms. The number of rotatable bonds is 6. The Morgan fingerprint density at radius 3 is 2.50 bits per heavy atom. The van der Waals surface area contributed by atoms with Crippen molar-refractivity contribution in [3.63, 3.8) is 0 Å². The van der Waals surface area contributed by atoms with Crippen molar-refractivity contribution in [3.05, 3.63) is 28.2 Å². The molecule has 0 saturated carbocycles. The third-order valence-corrected chi connectivity index (χ3v) is 3.05. The molecule has 0 atom stereocenters. The van der Waals surface area contributed by atoms with Gasteiger partial charge in [0.1, 0.15) is 0 Å². The van der Waals surface area contributed by atoms with E-state index in [2.05, 4.69) is 10.6 Å². The van der Waals surface area contributed by atoms with Crippen molar-refractivity contribution in [1.82, 2.24) is 5.32 Å². The molecule has 3 N–H and O–H groups in total. The van der Waals surface area contributed by atoms with Gasteiger partial charge in [-0.15, -0.1) is 0 Å². The van der Waals surface area contributed by atoms with E-state index in [1.54, 1.807) is 6.07 Å². The van der Waals surface area contributed by atoms with Gasteiger partial charge >= 0.3 is 11.8 Å². The molecule has 5 nitrogen and oxygen atoms in total. The number of anilines is 1. The van der Waals surface area contributed by atoms with E-state index in [1.807, 2.05) is 0 Å². The molecule has 0 heterocycles. The topological polar surface area (TPSA) is 78.4 Å². The summed E-state index contributed by atoms with van der Waals surface area (Å²) in [5, 5.41) is 14.2. The predicted octanol–water partition coefficient (Wildman–Crippen LogP) is 2.21. The number of unbranched alkanes of at least 4 members (excludes halogenated alkanes) is 2. The molecule has 1 aromatic carbocycles. The zero-order chi connectivity index (χ0) is 15.0. The van der Waals surface area contributed by atoms with Crippen LogP contribution in [0, 0.1) is 0 Å². The van der Waals surface area contributed by atoms with Gasteiger partial charge in [0.25, 0.3) is 0 Å². The lowest BCUT2D eigenvalue weighted by atomic mass is 10.2. The van der Waals surface area contributed by atoms with E-state index in [9.17, 15) is 9.59 Å². The zero-order valence-corrected chi connectivity index (χ0v) is 12.3. The maximum absolute atomic E-state index is 11.6. The number of carbonyl (C=O) groups excluding carboxylic acids is 2. The fraction of sp³-hybridized carbons (Fsp3) is 0.385. The van der Waals surface area contributed by atoms with Crippen LogP contribution in [0.5, 0.6) is 0 Å². The van der Waals surface area contributed by atoms with Gasteiger partial charge in [0.15, 0.2) is 0 Å². The van der Waals surface area contributed by atoms with Crippen molar-refractivity contribution in [1.29, 1.82) is 0 Å². The van der Waals surface area contributed by atoms with Crippen molar-refractivity contribution in [2.24, 2.45) is 0 Å². The minimum absolute atomic E-state index is 0.128. The maximum Gasteiger partial charge on any atom is 0.313 e. The van der Waals surface area contributed by atoms with Gasteiger partial charge in [-0.05, 0) is 37.5 Å². The Morgan fingerprint density at radius 1 is 1.10 bits per heavy atom. The molecule has 1 aromatic rings. The summed E-state index contributed by atoms with van der Waals surface area (Å²) < 4.78 is 0. The lowest BCUT2D eigenvalue weighted by Crippen LogP contribution is -2.35. The van der Waals surface area contributed by atoms with Crippen LogP contribution in [0.4, 0.5) is 5.69 Å². The number of hydrogen-bond donors (Lipinski definition) is 3. The highest BCUT2D eigenvalue weighted by molar-refractivity contribution is 6.42. The first-order valence-corrected chi connectivity index (χ1v) is 6.95. The Kier molecular flexibility index (Phi) is 7.36. The van der Waals surface area contributed by atoms with Crippen LogP contribution < -0.4 is 10.6 Å². The van der Waals surface area contributed by atoms with Crippen molar-refractivity contribution >= 4 is 40.7 Å². The summed E-state index contributed by atoms with van der Waals surface area (Å²) in [6, 6.07) is 4.57. The number of benzene rings is 1. The minimum atomic E-state index is -0.781. The Balaban J connectivity index is 2.39. The van der Waals surface area contributed by atoms with Gasteiger partial charge in [-0.2, -0.15) is 0 Å². The highest BCUT2D eigenvalue weighted by Crippen LogP contribution is 2.25. The van der Waals surface area contributed by atoms with E-state index < -0.39 is 11.8 Å². The summed E-state index contributed by atoms with van der Waals surface area (Å²) in [4.78, 5) is 23.1. The quantitative estimate of drug-likeness (QED) is 0.556. The molecular weight excluding hydrogens is 303 g/mol. The summed E-state index contributed by atoms with van der Waals surface area (Å²) in [5.41, 5.74) is 0.330. The number of nitrogens with one attached hydrogen (secondary N) is 2. The molecule has 7 heteroatoms. The Labute approximate surface area is 127 Å². The summed E-state index contributed by atoms with van der Waals surface area (Å²) in [6.07, 6.45) is 2.19. The molecule has 0 aliphatic carbocycles. The number of halogens is 2. The highest BCUT2D eigenvalue weighted by atomic mass is 35.5. The molecule has 110 valence electrons. The molecule has 0 fully saturated rings. The van der Waals surface area contributed by atoms with Gasteiger partial charge in [-0.25, -0.2) is 0 Å². The van der Waals surface area contributed by atoms with Gasteiger partial charge in [0.05, 0.1) is 10.7 Å². The standard InChI is InChI=1S/C13H16Cl2N2O3/c14-9-4-5-11(10(15)8-9)17-13(20)12(19)16-6-2-1-3-7-18/h4-5,8,18H,1-3,6-7H2,(H,16,19)(H,17,20). The molecule has 0 radical (unpaired) electrons. The second-order valence-electron chi connectivity index (χ2n) is 4.12. The molecule has 0 aromatic heterocycles. The van der Waals surface area contributed by atoms with Crippen LogP contribution >= 0.6 is 23.2 Å². The molecule has 0 unspecified atom stereocenters. The van der Waals surface area contributed by atoms with Crippen LogP contribution in [0.25, 0.3) is 0 Å².